The molecule has 1 N–H and O–H groups in total. The molecule has 0 spiro atoms. The van der Waals surface area contributed by atoms with Crippen molar-refractivity contribution >= 4 is 5.91 Å². The lowest BCUT2D eigenvalue weighted by molar-refractivity contribution is -0.0932. The number of nitrogens with one attached hydrogen (secondary N) is 1. The summed E-state index contributed by atoms with van der Waals surface area (Å²) in [6, 6.07) is 2.81. The van der Waals surface area contributed by atoms with Crippen LogP contribution in [0.3, 0.4) is 0 Å². The Morgan fingerprint density at radius 2 is 1.91 bits per heavy atom. The van der Waals surface area contributed by atoms with Crippen LogP contribution in [0.15, 0.2) is 41.4 Å². The maximum absolute atomic E-state index is 15.1. The molecule has 7 nitrogen and oxygen atoms in total. The number of nitrogens with zero attached hydrogens (tertiary/aromatic N) is 3. The highest BCUT2D eigenvalue weighted by molar-refractivity contribution is 5.90. The van der Waals surface area contributed by atoms with Gasteiger partial charge in [0.2, 0.25) is 11.7 Å². The smallest absolute Gasteiger partial charge is 0.313 e. The van der Waals surface area contributed by atoms with Gasteiger partial charge in [-0.3, -0.25) is 9.63 Å². The van der Waals surface area contributed by atoms with Gasteiger partial charge in [-0.15, -0.1) is 0 Å². The van der Waals surface area contributed by atoms with Crippen molar-refractivity contribution in [1.82, 2.24) is 20.6 Å². The van der Waals surface area contributed by atoms with E-state index in [0.29, 0.717) is 0 Å². The average molecular weight is 500 g/mol. The van der Waals surface area contributed by atoms with Gasteiger partial charge in [-0.2, -0.15) is 0 Å². The summed E-state index contributed by atoms with van der Waals surface area (Å²) in [5.74, 6) is -6.63. The Morgan fingerprint density at radius 3 is 2.57 bits per heavy atom. The molecule has 1 atom stereocenters. The number of alkyl halides is 4. The van der Waals surface area contributed by atoms with Crippen LogP contribution >= 0.6 is 0 Å². The number of amides is 1. The minimum Gasteiger partial charge on any atom is -0.351 e. The lowest BCUT2D eigenvalue weighted by atomic mass is 9.81. The Kier molecular flexibility index (Phi) is 7.05. The zero-order valence-electron chi connectivity index (χ0n) is 17.9. The van der Waals surface area contributed by atoms with Gasteiger partial charge in [0.25, 0.3) is 6.43 Å². The van der Waals surface area contributed by atoms with Gasteiger partial charge >= 0.3 is 5.91 Å². The molecule has 0 aliphatic heterocycles. The monoisotopic (exact) mass is 500 g/mol. The van der Waals surface area contributed by atoms with Gasteiger partial charge in [-0.25, -0.2) is 41.8 Å². The van der Waals surface area contributed by atoms with Crippen LogP contribution in [0.5, 0.6) is 0 Å². The topological polar surface area (TPSA) is 90.1 Å². The minimum absolute atomic E-state index is 0.0202. The lowest BCUT2D eigenvalue weighted by Gasteiger charge is -2.29. The number of benzene rings is 1. The number of halogens is 6. The summed E-state index contributed by atoms with van der Waals surface area (Å²) in [6.07, 6.45) is -3.28. The van der Waals surface area contributed by atoms with E-state index in [0.717, 1.165) is 30.9 Å². The van der Waals surface area contributed by atoms with E-state index in [2.05, 4.69) is 19.6 Å². The zero-order chi connectivity index (χ0) is 25.2. The molecule has 2 aromatic heterocycles. The lowest BCUT2D eigenvalue weighted by Crippen LogP contribution is -2.29. The largest absolute Gasteiger partial charge is 0.351 e. The Balaban J connectivity index is 1.62. The van der Waals surface area contributed by atoms with Crippen LogP contribution < -0.4 is 5.48 Å². The van der Waals surface area contributed by atoms with Crippen molar-refractivity contribution in [3.05, 3.63) is 65.4 Å². The third kappa shape index (κ3) is 5.45. The van der Waals surface area contributed by atoms with Gasteiger partial charge < -0.3 is 4.52 Å². The first-order valence-corrected chi connectivity index (χ1v) is 10.5. The van der Waals surface area contributed by atoms with E-state index in [9.17, 15) is 26.7 Å². The number of aromatic nitrogens is 3. The fraction of sp³-hybridized carbons (Fsp3) is 0.364. The van der Waals surface area contributed by atoms with E-state index in [-0.39, 0.29) is 24.2 Å². The van der Waals surface area contributed by atoms with Crippen LogP contribution in [0, 0.1) is 11.6 Å². The third-order valence-electron chi connectivity index (χ3n) is 5.71. The highest BCUT2D eigenvalue weighted by Crippen LogP contribution is 2.43. The molecule has 1 aromatic carbocycles. The first kappa shape index (κ1) is 24.6. The quantitative estimate of drug-likeness (QED) is 0.347. The standard InChI is InChI=1S/C22H18F6N4O3/c23-15-8-13(16(24)7-12(15)11-1-4-22(27,28)5-2-11)18-14(9-29-10-30-18)19(20(25)26)35-32-21(33)17-3-6-31-34-17/h3,6-11,19-20H,1-2,4-5H2,(H,32,33). The van der Waals surface area contributed by atoms with E-state index in [1.165, 1.54) is 6.07 Å². The van der Waals surface area contributed by atoms with E-state index < -0.39 is 71.6 Å². The SMILES string of the molecule is O=C(NOC(c1cncnc1-c1cc(F)c(C2CCC(F)(F)CC2)cc1F)C(F)F)c1ccno1. The summed E-state index contributed by atoms with van der Waals surface area (Å²) in [5.41, 5.74) is 0.444. The summed E-state index contributed by atoms with van der Waals surface area (Å²) in [6.45, 7) is 0. The van der Waals surface area contributed by atoms with Crippen LogP contribution in [0.1, 0.15) is 59.4 Å². The van der Waals surface area contributed by atoms with Crippen molar-refractivity contribution in [3.63, 3.8) is 0 Å². The molecule has 13 heteroatoms. The number of hydroxylamine groups is 1. The van der Waals surface area contributed by atoms with Crippen molar-refractivity contribution in [1.29, 1.82) is 0 Å². The molecule has 1 aliphatic rings. The summed E-state index contributed by atoms with van der Waals surface area (Å²) in [5, 5.41) is 3.31. The Morgan fingerprint density at radius 1 is 1.17 bits per heavy atom. The molecule has 1 amide bonds. The van der Waals surface area contributed by atoms with Gasteiger partial charge in [0.05, 0.1) is 11.9 Å². The number of carbonyl (C=O) groups is 1. The molecule has 0 saturated heterocycles. The predicted octanol–water partition coefficient (Wildman–Crippen LogP) is 5.37. The minimum atomic E-state index is -3.23. The molecular weight excluding hydrogens is 482 g/mol. The molecular formula is C22H18F6N4O3. The Labute approximate surface area is 194 Å². The van der Waals surface area contributed by atoms with Crippen LogP contribution in [0.2, 0.25) is 0 Å². The first-order valence-electron chi connectivity index (χ1n) is 10.5. The van der Waals surface area contributed by atoms with E-state index in [1.807, 2.05) is 0 Å². The average Bonchev–Trinajstić information content (AvgIpc) is 3.36. The molecule has 186 valence electrons. The molecule has 1 fully saturated rings. The van der Waals surface area contributed by atoms with Gasteiger partial charge in [-0.1, -0.05) is 5.16 Å². The zero-order valence-corrected chi connectivity index (χ0v) is 17.9. The summed E-state index contributed by atoms with van der Waals surface area (Å²) in [7, 11) is 0. The highest BCUT2D eigenvalue weighted by Gasteiger charge is 2.37. The van der Waals surface area contributed by atoms with Gasteiger partial charge in [0, 0.05) is 36.2 Å². The molecule has 2 heterocycles. The van der Waals surface area contributed by atoms with Crippen molar-refractivity contribution < 1.29 is 40.5 Å². The number of carbonyl (C=O) groups excluding carboxylic acids is 1. The fourth-order valence-corrected chi connectivity index (χ4v) is 3.93. The van der Waals surface area contributed by atoms with Crippen LogP contribution in [-0.2, 0) is 4.84 Å². The maximum Gasteiger partial charge on any atom is 0.313 e. The molecule has 3 aromatic rings. The normalized spacial score (nSPS) is 16.9. The second-order valence-electron chi connectivity index (χ2n) is 7.99. The molecule has 1 unspecified atom stereocenters. The molecule has 4 rings (SSSR count). The molecule has 1 saturated carbocycles. The summed E-state index contributed by atoms with van der Waals surface area (Å²) >= 11 is 0. The number of rotatable bonds is 7. The number of hydrogen-bond acceptors (Lipinski definition) is 6. The summed E-state index contributed by atoms with van der Waals surface area (Å²) < 4.78 is 89.2. The molecule has 35 heavy (non-hydrogen) atoms. The van der Waals surface area contributed by atoms with Gasteiger partial charge in [-0.05, 0) is 36.5 Å². The highest BCUT2D eigenvalue weighted by atomic mass is 19.3. The first-order chi connectivity index (χ1) is 16.7. The Hall–Kier alpha value is -3.48. The third-order valence-corrected chi connectivity index (χ3v) is 5.71. The van der Waals surface area contributed by atoms with E-state index in [1.54, 1.807) is 5.48 Å². The van der Waals surface area contributed by atoms with Crippen molar-refractivity contribution in [2.45, 2.75) is 50.1 Å². The van der Waals surface area contributed by atoms with Crippen molar-refractivity contribution in [2.75, 3.05) is 0 Å². The van der Waals surface area contributed by atoms with E-state index >= 15 is 4.39 Å². The van der Waals surface area contributed by atoms with Crippen molar-refractivity contribution in [2.24, 2.45) is 0 Å². The molecule has 0 bridgehead atoms. The fourth-order valence-electron chi connectivity index (χ4n) is 3.93. The molecule has 0 radical (unpaired) electrons. The van der Waals surface area contributed by atoms with Crippen LogP contribution in [0.4, 0.5) is 26.3 Å². The summed E-state index contributed by atoms with van der Waals surface area (Å²) in [4.78, 5) is 24.3. The maximum atomic E-state index is 15.1. The van der Waals surface area contributed by atoms with E-state index in [4.69, 9.17) is 4.84 Å². The number of hydrogen-bond donors (Lipinski definition) is 1. The van der Waals surface area contributed by atoms with Gasteiger partial charge in [0.15, 0.2) is 6.10 Å². The van der Waals surface area contributed by atoms with Crippen molar-refractivity contribution in [3.8, 4) is 11.3 Å². The Bertz CT molecular complexity index is 1180. The van der Waals surface area contributed by atoms with Gasteiger partial charge in [0.1, 0.15) is 18.0 Å². The second-order valence-corrected chi connectivity index (χ2v) is 7.99. The predicted molar refractivity (Wildman–Crippen MR) is 107 cm³/mol. The van der Waals surface area contributed by atoms with Crippen LogP contribution in [-0.4, -0.2) is 33.4 Å². The molecule has 1 aliphatic carbocycles. The van der Waals surface area contributed by atoms with Crippen LogP contribution in [0.25, 0.3) is 11.3 Å². The second kappa shape index (κ2) is 10.0.